The van der Waals surface area contributed by atoms with E-state index in [9.17, 15) is 9.59 Å². The van der Waals surface area contributed by atoms with Crippen LogP contribution in [0, 0.1) is 20.8 Å². The first-order valence-corrected chi connectivity index (χ1v) is 12.0. The highest BCUT2D eigenvalue weighted by Crippen LogP contribution is 2.26. The van der Waals surface area contributed by atoms with Gasteiger partial charge in [0, 0.05) is 12.2 Å². The molecular formula is C29H32N4O2. The fourth-order valence-electron chi connectivity index (χ4n) is 4.39. The zero-order chi connectivity index (χ0) is 25.1. The molecule has 1 heterocycles. The van der Waals surface area contributed by atoms with Crippen molar-refractivity contribution in [3.63, 3.8) is 0 Å². The highest BCUT2D eigenvalue weighted by molar-refractivity contribution is 5.89. The normalized spacial score (nSPS) is 11.9. The molecule has 4 aromatic rings. The minimum atomic E-state index is -0.447. The molecule has 35 heavy (non-hydrogen) atoms. The predicted molar refractivity (Wildman–Crippen MR) is 142 cm³/mol. The number of anilines is 1. The molecule has 180 valence electrons. The summed E-state index contributed by atoms with van der Waals surface area (Å²) >= 11 is 0. The summed E-state index contributed by atoms with van der Waals surface area (Å²) in [5, 5.41) is 3.57. The van der Waals surface area contributed by atoms with E-state index in [4.69, 9.17) is 4.98 Å². The van der Waals surface area contributed by atoms with Crippen molar-refractivity contribution in [3.8, 4) is 5.69 Å². The second-order valence-corrected chi connectivity index (χ2v) is 9.09. The summed E-state index contributed by atoms with van der Waals surface area (Å²) in [6.45, 7) is 10.5. The fourth-order valence-corrected chi connectivity index (χ4v) is 4.39. The maximum atomic E-state index is 13.8. The lowest BCUT2D eigenvalue weighted by Gasteiger charge is -2.30. The van der Waals surface area contributed by atoms with Crippen LogP contribution in [0.2, 0.25) is 0 Å². The molecule has 0 radical (unpaired) electrons. The number of hydrogen-bond acceptors (Lipinski definition) is 3. The van der Waals surface area contributed by atoms with Crippen molar-refractivity contribution in [1.29, 1.82) is 0 Å². The molecule has 0 spiro atoms. The number of aromatic nitrogens is 2. The third-order valence-corrected chi connectivity index (χ3v) is 6.24. The molecular weight excluding hydrogens is 436 g/mol. The minimum Gasteiger partial charge on any atom is -0.315 e. The Hall–Kier alpha value is -3.93. The van der Waals surface area contributed by atoms with Crippen molar-refractivity contribution in [1.82, 2.24) is 14.5 Å². The molecule has 1 aromatic heterocycles. The van der Waals surface area contributed by atoms with Crippen molar-refractivity contribution in [2.24, 2.45) is 0 Å². The highest BCUT2D eigenvalue weighted by Gasteiger charge is 2.27. The molecule has 6 heteroatoms. The first kappa shape index (κ1) is 24.2. The highest BCUT2D eigenvalue weighted by atomic mass is 16.2. The van der Waals surface area contributed by atoms with Gasteiger partial charge in [-0.05, 0) is 81.1 Å². The zero-order valence-electron chi connectivity index (χ0n) is 21.0. The number of aryl methyl sites for hydroxylation is 3. The van der Waals surface area contributed by atoms with Gasteiger partial charge in [0.15, 0.2) is 0 Å². The van der Waals surface area contributed by atoms with Crippen molar-refractivity contribution in [2.45, 2.75) is 47.1 Å². The average molecular weight is 469 g/mol. The molecule has 0 aliphatic heterocycles. The number of nitrogens with one attached hydrogen (secondary N) is 1. The molecule has 0 saturated carbocycles. The SMILES string of the molecule is CCCN(C(=O)Nc1cccc(C)c1)C(C)c1nc2ccccc2c(=O)n1-c1cc(C)ccc1C. The number of carbonyl (C=O) groups is 1. The van der Waals surface area contributed by atoms with Gasteiger partial charge in [0.05, 0.1) is 22.6 Å². The van der Waals surface area contributed by atoms with Crippen LogP contribution >= 0.6 is 0 Å². The summed E-state index contributed by atoms with van der Waals surface area (Å²) in [6, 6.07) is 20.5. The van der Waals surface area contributed by atoms with Crippen molar-refractivity contribution >= 4 is 22.6 Å². The molecule has 1 unspecified atom stereocenters. The van der Waals surface area contributed by atoms with Gasteiger partial charge in [0.2, 0.25) is 0 Å². The number of benzene rings is 3. The van der Waals surface area contributed by atoms with Gasteiger partial charge in [-0.25, -0.2) is 9.78 Å². The standard InChI is InChI=1S/C29H32N4O2/c1-6-16-32(29(35)30-23-11-9-10-19(2)17-23)22(5)27-31-25-13-8-7-12-24(25)28(34)33(27)26-18-20(3)14-15-21(26)4/h7-15,17-18,22H,6,16H2,1-5H3,(H,30,35). The number of hydrogen-bond donors (Lipinski definition) is 1. The summed E-state index contributed by atoms with van der Waals surface area (Å²) in [7, 11) is 0. The van der Waals surface area contributed by atoms with Crippen LogP contribution in [0.5, 0.6) is 0 Å². The Kier molecular flexibility index (Phi) is 7.01. The maximum Gasteiger partial charge on any atom is 0.322 e. The summed E-state index contributed by atoms with van der Waals surface area (Å²) in [5.74, 6) is 0.537. The van der Waals surface area contributed by atoms with Crippen molar-refractivity contribution < 1.29 is 4.79 Å². The lowest BCUT2D eigenvalue weighted by molar-refractivity contribution is 0.189. The zero-order valence-corrected chi connectivity index (χ0v) is 21.0. The number of fused-ring (bicyclic) bond motifs is 1. The Labute approximate surface area is 206 Å². The number of rotatable bonds is 6. The van der Waals surface area contributed by atoms with Crippen molar-refractivity contribution in [3.05, 3.63) is 99.6 Å². The van der Waals surface area contributed by atoms with Crippen molar-refractivity contribution in [2.75, 3.05) is 11.9 Å². The Morgan fingerprint density at radius 1 is 1.00 bits per heavy atom. The summed E-state index contributed by atoms with van der Waals surface area (Å²) in [5.41, 5.74) is 5.09. The second kappa shape index (κ2) is 10.1. The van der Waals surface area contributed by atoms with Gasteiger partial charge in [-0.3, -0.25) is 9.36 Å². The van der Waals surface area contributed by atoms with E-state index in [-0.39, 0.29) is 11.6 Å². The molecule has 0 fully saturated rings. The van der Waals surface area contributed by atoms with E-state index >= 15 is 0 Å². The summed E-state index contributed by atoms with van der Waals surface area (Å²) in [6.07, 6.45) is 0.771. The molecule has 1 atom stereocenters. The smallest absolute Gasteiger partial charge is 0.315 e. The predicted octanol–water partition coefficient (Wildman–Crippen LogP) is 6.32. The molecule has 1 N–H and O–H groups in total. The van der Waals surface area contributed by atoms with E-state index in [1.54, 1.807) is 15.5 Å². The van der Waals surface area contributed by atoms with Gasteiger partial charge in [-0.15, -0.1) is 0 Å². The van der Waals surface area contributed by atoms with Gasteiger partial charge in [0.25, 0.3) is 5.56 Å². The minimum absolute atomic E-state index is 0.137. The molecule has 0 aliphatic carbocycles. The van der Waals surface area contributed by atoms with Crippen LogP contribution in [0.1, 0.15) is 48.8 Å². The first-order chi connectivity index (χ1) is 16.8. The largest absolute Gasteiger partial charge is 0.322 e. The Balaban J connectivity index is 1.86. The maximum absolute atomic E-state index is 13.8. The van der Waals surface area contributed by atoms with Crippen LogP contribution in [0.3, 0.4) is 0 Å². The van der Waals surface area contributed by atoms with Crippen LogP contribution in [0.25, 0.3) is 16.6 Å². The van der Waals surface area contributed by atoms with E-state index in [1.165, 1.54) is 0 Å². The molecule has 6 nitrogen and oxygen atoms in total. The molecule has 0 bridgehead atoms. The number of para-hydroxylation sites is 1. The van der Waals surface area contributed by atoms with Crippen LogP contribution in [-0.2, 0) is 0 Å². The number of urea groups is 1. The summed E-state index contributed by atoms with van der Waals surface area (Å²) < 4.78 is 1.68. The topological polar surface area (TPSA) is 67.2 Å². The molecule has 0 saturated heterocycles. The third-order valence-electron chi connectivity index (χ3n) is 6.24. The van der Waals surface area contributed by atoms with E-state index in [1.807, 2.05) is 95.3 Å². The van der Waals surface area contributed by atoms with E-state index in [0.29, 0.717) is 23.3 Å². The Morgan fingerprint density at radius 2 is 1.74 bits per heavy atom. The lowest BCUT2D eigenvalue weighted by atomic mass is 10.1. The van der Waals surface area contributed by atoms with Crippen LogP contribution in [-0.4, -0.2) is 27.0 Å². The summed E-state index contributed by atoms with van der Waals surface area (Å²) in [4.78, 5) is 33.9. The molecule has 2 amide bonds. The quantitative estimate of drug-likeness (QED) is 0.360. The Morgan fingerprint density at radius 3 is 2.49 bits per heavy atom. The number of nitrogens with zero attached hydrogens (tertiary/aromatic N) is 3. The third kappa shape index (κ3) is 4.97. The van der Waals surface area contributed by atoms with E-state index in [0.717, 1.165) is 34.5 Å². The van der Waals surface area contributed by atoms with E-state index < -0.39 is 6.04 Å². The fraction of sp³-hybridized carbons (Fsp3) is 0.276. The van der Waals surface area contributed by atoms with Crippen LogP contribution in [0.4, 0.5) is 10.5 Å². The Bertz CT molecular complexity index is 1440. The van der Waals surface area contributed by atoms with Gasteiger partial charge in [-0.1, -0.05) is 43.3 Å². The monoisotopic (exact) mass is 468 g/mol. The van der Waals surface area contributed by atoms with Crippen LogP contribution < -0.4 is 10.9 Å². The van der Waals surface area contributed by atoms with Gasteiger partial charge in [-0.2, -0.15) is 0 Å². The number of amides is 2. The molecule has 3 aromatic carbocycles. The van der Waals surface area contributed by atoms with E-state index in [2.05, 4.69) is 5.32 Å². The number of carbonyl (C=O) groups excluding carboxylic acids is 1. The molecule has 0 aliphatic rings. The second-order valence-electron chi connectivity index (χ2n) is 9.09. The van der Waals surface area contributed by atoms with Gasteiger partial charge < -0.3 is 10.2 Å². The average Bonchev–Trinajstić information content (AvgIpc) is 2.84. The van der Waals surface area contributed by atoms with Crippen LogP contribution in [0.15, 0.2) is 71.5 Å². The first-order valence-electron chi connectivity index (χ1n) is 12.0. The lowest BCUT2D eigenvalue weighted by Crippen LogP contribution is -2.40. The van der Waals surface area contributed by atoms with Gasteiger partial charge in [0.1, 0.15) is 5.82 Å². The molecule has 4 rings (SSSR count). The van der Waals surface area contributed by atoms with Gasteiger partial charge >= 0.3 is 6.03 Å².